The minimum absolute atomic E-state index is 0.187. The van der Waals surface area contributed by atoms with E-state index in [1.165, 1.54) is 7.11 Å². The molecule has 0 aromatic heterocycles. The first kappa shape index (κ1) is 16.2. The number of carbonyl (C=O) groups excluding carboxylic acids is 1. The Balaban J connectivity index is 2.76. The van der Waals surface area contributed by atoms with Crippen molar-refractivity contribution >= 4 is 21.9 Å². The molecule has 0 saturated carbocycles. The van der Waals surface area contributed by atoms with Gasteiger partial charge in [-0.25, -0.2) is 0 Å². The van der Waals surface area contributed by atoms with Crippen LogP contribution >= 0.6 is 15.9 Å². The Labute approximate surface area is 123 Å². The minimum Gasteiger partial charge on any atom is -0.468 e. The second-order valence-electron chi connectivity index (χ2n) is 5.03. The molecular weight excluding hydrogens is 308 g/mol. The van der Waals surface area contributed by atoms with E-state index in [1.54, 1.807) is 6.92 Å². The van der Waals surface area contributed by atoms with Gasteiger partial charge in [-0.3, -0.25) is 4.79 Å². The molecule has 1 rings (SSSR count). The first-order valence-corrected chi connectivity index (χ1v) is 7.11. The summed E-state index contributed by atoms with van der Waals surface area (Å²) in [5.74, 6) is -0.133. The molecule has 0 bridgehead atoms. The molecule has 4 heteroatoms. The number of methoxy groups -OCH3 is 1. The zero-order valence-electron chi connectivity index (χ0n) is 11.9. The molecule has 0 spiro atoms. The van der Waals surface area contributed by atoms with Gasteiger partial charge in [0.25, 0.3) is 0 Å². The maximum atomic E-state index is 11.8. The lowest BCUT2D eigenvalue weighted by atomic mass is 9.94. The average Bonchev–Trinajstić information content (AvgIpc) is 2.38. The van der Waals surface area contributed by atoms with Crippen molar-refractivity contribution in [2.24, 2.45) is 5.92 Å². The van der Waals surface area contributed by atoms with Crippen LogP contribution in [0.5, 0.6) is 0 Å². The molecule has 2 atom stereocenters. The van der Waals surface area contributed by atoms with Crippen molar-refractivity contribution in [1.82, 2.24) is 0 Å². The van der Waals surface area contributed by atoms with Gasteiger partial charge in [0.05, 0.1) is 19.8 Å². The van der Waals surface area contributed by atoms with Crippen molar-refractivity contribution in [1.29, 1.82) is 0 Å². The molecule has 106 valence electrons. The van der Waals surface area contributed by atoms with Crippen LogP contribution in [0.1, 0.15) is 26.3 Å². The molecular formula is C15H21BrO3. The van der Waals surface area contributed by atoms with E-state index in [-0.39, 0.29) is 18.0 Å². The smallest absolute Gasteiger partial charge is 0.325 e. The number of alkyl halides is 1. The van der Waals surface area contributed by atoms with Gasteiger partial charge in [0.15, 0.2) is 0 Å². The first-order valence-electron chi connectivity index (χ1n) is 6.32. The Morgan fingerprint density at radius 2 is 1.89 bits per heavy atom. The van der Waals surface area contributed by atoms with Crippen LogP contribution in [0.2, 0.25) is 0 Å². The summed E-state index contributed by atoms with van der Waals surface area (Å²) in [5, 5.41) is 0. The van der Waals surface area contributed by atoms with Gasteiger partial charge in [0.2, 0.25) is 0 Å². The van der Waals surface area contributed by atoms with Crippen molar-refractivity contribution in [3.05, 3.63) is 35.9 Å². The van der Waals surface area contributed by atoms with E-state index >= 15 is 0 Å². The third kappa shape index (κ3) is 4.32. The molecule has 0 radical (unpaired) electrons. The van der Waals surface area contributed by atoms with Gasteiger partial charge in [-0.2, -0.15) is 0 Å². The van der Waals surface area contributed by atoms with Crippen molar-refractivity contribution in [2.45, 2.75) is 37.8 Å². The fourth-order valence-electron chi connectivity index (χ4n) is 2.05. The summed E-state index contributed by atoms with van der Waals surface area (Å²) in [6, 6.07) is 9.90. The molecule has 0 unspecified atom stereocenters. The number of halogens is 1. The highest BCUT2D eigenvalue weighted by molar-refractivity contribution is 9.10. The summed E-state index contributed by atoms with van der Waals surface area (Å²) < 4.78 is 9.92. The van der Waals surface area contributed by atoms with Crippen LogP contribution in [0.4, 0.5) is 0 Å². The topological polar surface area (TPSA) is 35.5 Å². The first-order chi connectivity index (χ1) is 8.89. The summed E-state index contributed by atoms with van der Waals surface area (Å²) in [6.07, 6.45) is -0.264. The van der Waals surface area contributed by atoms with E-state index in [9.17, 15) is 4.79 Å². The average molecular weight is 329 g/mol. The molecule has 3 nitrogen and oxygen atoms in total. The molecule has 0 heterocycles. The Bertz CT molecular complexity index is 401. The molecule has 0 saturated heterocycles. The van der Waals surface area contributed by atoms with Crippen LogP contribution in [0.25, 0.3) is 0 Å². The number of esters is 1. The molecule has 0 aliphatic rings. The van der Waals surface area contributed by atoms with Crippen molar-refractivity contribution in [2.75, 3.05) is 7.11 Å². The highest BCUT2D eigenvalue weighted by Gasteiger charge is 2.42. The van der Waals surface area contributed by atoms with Crippen LogP contribution in [0.15, 0.2) is 30.3 Å². The van der Waals surface area contributed by atoms with Gasteiger partial charge < -0.3 is 9.47 Å². The van der Waals surface area contributed by atoms with Gasteiger partial charge in [-0.15, -0.1) is 0 Å². The quantitative estimate of drug-likeness (QED) is 0.591. The normalized spacial score (nSPS) is 15.9. The van der Waals surface area contributed by atoms with Crippen molar-refractivity contribution in [3.63, 3.8) is 0 Å². The zero-order chi connectivity index (χ0) is 14.5. The number of carbonyl (C=O) groups is 1. The minimum atomic E-state index is -0.843. The van der Waals surface area contributed by atoms with E-state index in [2.05, 4.69) is 15.9 Å². The van der Waals surface area contributed by atoms with E-state index < -0.39 is 4.32 Å². The lowest BCUT2D eigenvalue weighted by molar-refractivity contribution is -0.149. The molecule has 0 N–H and O–H groups in total. The van der Waals surface area contributed by atoms with E-state index in [1.807, 2.05) is 44.2 Å². The molecule has 0 aliphatic carbocycles. The molecule has 19 heavy (non-hydrogen) atoms. The van der Waals surface area contributed by atoms with Crippen LogP contribution in [-0.2, 0) is 20.9 Å². The molecule has 0 fully saturated rings. The van der Waals surface area contributed by atoms with Gasteiger partial charge in [-0.05, 0) is 18.4 Å². The van der Waals surface area contributed by atoms with Crippen molar-refractivity contribution < 1.29 is 14.3 Å². The fourth-order valence-corrected chi connectivity index (χ4v) is 2.87. The Morgan fingerprint density at radius 1 is 1.32 bits per heavy atom. The predicted octanol–water partition coefficient (Wildman–Crippen LogP) is 3.55. The molecule has 0 aliphatic heterocycles. The number of ether oxygens (including phenoxy) is 2. The largest absolute Gasteiger partial charge is 0.468 e. The standard InChI is InChI=1S/C15H21BrO3/c1-11(2)13(15(3,16)14(17)18-4)19-10-12-8-6-5-7-9-12/h5-9,11,13H,10H2,1-4H3/t13-,15+/m1/s1. The van der Waals surface area contributed by atoms with Gasteiger partial charge >= 0.3 is 5.97 Å². The van der Waals surface area contributed by atoms with Gasteiger partial charge in [-0.1, -0.05) is 60.1 Å². The highest BCUT2D eigenvalue weighted by Crippen LogP contribution is 2.31. The van der Waals surface area contributed by atoms with E-state index in [0.717, 1.165) is 5.56 Å². The second kappa shape index (κ2) is 7.06. The Kier molecular flexibility index (Phi) is 6.01. The third-order valence-corrected chi connectivity index (χ3v) is 3.77. The van der Waals surface area contributed by atoms with Crippen LogP contribution in [-0.4, -0.2) is 23.5 Å². The highest BCUT2D eigenvalue weighted by atomic mass is 79.9. The lowest BCUT2D eigenvalue weighted by Gasteiger charge is -2.32. The van der Waals surface area contributed by atoms with Crippen LogP contribution in [0.3, 0.4) is 0 Å². The Hall–Kier alpha value is -0.870. The van der Waals surface area contributed by atoms with Gasteiger partial charge in [0.1, 0.15) is 4.32 Å². The number of hydrogen-bond acceptors (Lipinski definition) is 3. The van der Waals surface area contributed by atoms with Crippen molar-refractivity contribution in [3.8, 4) is 0 Å². The van der Waals surface area contributed by atoms with E-state index in [0.29, 0.717) is 6.61 Å². The molecule has 1 aromatic carbocycles. The maximum absolute atomic E-state index is 11.8. The Morgan fingerprint density at radius 3 is 2.37 bits per heavy atom. The summed E-state index contributed by atoms with van der Waals surface area (Å²) >= 11 is 3.45. The third-order valence-electron chi connectivity index (χ3n) is 3.00. The van der Waals surface area contributed by atoms with Crippen LogP contribution < -0.4 is 0 Å². The zero-order valence-corrected chi connectivity index (χ0v) is 13.4. The summed E-state index contributed by atoms with van der Waals surface area (Å²) in [4.78, 5) is 11.8. The predicted molar refractivity (Wildman–Crippen MR) is 79.2 cm³/mol. The summed E-state index contributed by atoms with van der Waals surface area (Å²) in [7, 11) is 1.39. The van der Waals surface area contributed by atoms with Crippen LogP contribution in [0, 0.1) is 5.92 Å². The number of hydrogen-bond donors (Lipinski definition) is 0. The number of benzene rings is 1. The molecule has 0 amide bonds. The SMILES string of the molecule is COC(=O)[C@@](C)(Br)[C@H](OCc1ccccc1)C(C)C. The van der Waals surface area contributed by atoms with E-state index in [4.69, 9.17) is 9.47 Å². The number of rotatable bonds is 6. The van der Waals surface area contributed by atoms with Gasteiger partial charge in [0, 0.05) is 0 Å². The fraction of sp³-hybridized carbons (Fsp3) is 0.533. The lowest BCUT2D eigenvalue weighted by Crippen LogP contribution is -2.46. The summed E-state index contributed by atoms with van der Waals surface area (Å²) in [5.41, 5.74) is 1.08. The monoisotopic (exact) mass is 328 g/mol. The maximum Gasteiger partial charge on any atom is 0.325 e. The summed E-state index contributed by atoms with van der Waals surface area (Å²) in [6.45, 7) is 6.31. The second-order valence-corrected chi connectivity index (χ2v) is 6.68. The molecule has 1 aromatic rings.